The fourth-order valence-corrected chi connectivity index (χ4v) is 9.61. The predicted octanol–water partition coefficient (Wildman–Crippen LogP) is 6.70. The number of rotatable bonds is 14. The zero-order chi connectivity index (χ0) is 41.8. The monoisotopic (exact) mass is 840 g/mol. The summed E-state index contributed by atoms with van der Waals surface area (Å²) in [6, 6.07) is 18.0. The van der Waals surface area contributed by atoms with Crippen LogP contribution >= 0.6 is 11.6 Å². The molecule has 0 spiro atoms. The summed E-state index contributed by atoms with van der Waals surface area (Å²) in [5.41, 5.74) is 6.11. The number of fused-ring (bicyclic) bond motifs is 3. The van der Waals surface area contributed by atoms with Gasteiger partial charge < -0.3 is 19.5 Å². The van der Waals surface area contributed by atoms with Crippen molar-refractivity contribution in [3.8, 4) is 22.6 Å². The lowest BCUT2D eigenvalue weighted by molar-refractivity contribution is -0.132. The van der Waals surface area contributed by atoms with Crippen LogP contribution in [0.1, 0.15) is 84.4 Å². The highest BCUT2D eigenvalue weighted by Gasteiger charge is 2.32. The standard InChI is InChI=1S/C43H49ClN8O6S/c1-27-11-12-32(41-28(2)49-58-29(41)3)24-38(27)59(55,56)51-22-20-50(21-23-51)40(54)10-8-6-7-9-19-45-39(53)26-36-43-48-47-30(4)52(43)37-18-17-34(57-5)25-35(37)42(46-36)31-13-15-33(44)16-14-31/h11-18,24-25,36H,6-10,19-23,26H2,1-5H3,(H,45,53)/t36-/m0/s1. The first-order chi connectivity index (χ1) is 28.3. The van der Waals surface area contributed by atoms with Crippen molar-refractivity contribution in [3.63, 3.8) is 0 Å². The quantitative estimate of drug-likeness (QED) is 0.120. The molecule has 1 N–H and O–H groups in total. The van der Waals surface area contributed by atoms with Gasteiger partial charge in [-0.2, -0.15) is 4.31 Å². The average molecular weight is 841 g/mol. The Labute approximate surface area is 349 Å². The van der Waals surface area contributed by atoms with Crippen LogP contribution in [0.15, 0.2) is 75.1 Å². The number of amides is 2. The molecule has 2 aromatic heterocycles. The summed E-state index contributed by atoms with van der Waals surface area (Å²) in [5.74, 6) is 2.44. The number of nitrogens with zero attached hydrogens (tertiary/aromatic N) is 7. The van der Waals surface area contributed by atoms with Crippen molar-refractivity contribution in [2.45, 2.75) is 77.2 Å². The summed E-state index contributed by atoms with van der Waals surface area (Å²) in [5, 5.41) is 16.5. The summed E-state index contributed by atoms with van der Waals surface area (Å²) >= 11 is 6.22. The predicted molar refractivity (Wildman–Crippen MR) is 225 cm³/mol. The first-order valence-electron chi connectivity index (χ1n) is 19.9. The summed E-state index contributed by atoms with van der Waals surface area (Å²) < 4.78 is 41.8. The van der Waals surface area contributed by atoms with Crippen molar-refractivity contribution in [2.75, 3.05) is 39.8 Å². The van der Waals surface area contributed by atoms with Crippen LogP contribution < -0.4 is 10.1 Å². The van der Waals surface area contributed by atoms with Crippen LogP contribution in [-0.2, 0) is 19.6 Å². The van der Waals surface area contributed by atoms with Crippen LogP contribution in [-0.4, -0.2) is 94.9 Å². The Hall–Kier alpha value is -5.38. The maximum Gasteiger partial charge on any atom is 0.243 e. The van der Waals surface area contributed by atoms with E-state index in [-0.39, 0.29) is 36.2 Å². The van der Waals surface area contributed by atoms with Gasteiger partial charge >= 0.3 is 0 Å². The molecule has 0 aliphatic carbocycles. The fraction of sp³-hybridized carbons (Fsp3) is 0.395. The first kappa shape index (κ1) is 41.8. The molecule has 2 aliphatic rings. The number of carbonyl (C=O) groups excluding carboxylic acids is 2. The average Bonchev–Trinajstić information content (AvgIpc) is 3.74. The minimum Gasteiger partial charge on any atom is -0.497 e. The molecule has 59 heavy (non-hydrogen) atoms. The SMILES string of the molecule is COc1ccc2c(c1)C(c1ccc(Cl)cc1)=N[C@@H](CC(=O)NCCCCCCC(=O)N1CCN(S(=O)(=O)c3cc(-c4c(C)noc4C)ccc3C)CC1)c1nnc(C)n1-2. The number of piperazine rings is 1. The third kappa shape index (κ3) is 8.97. The van der Waals surface area contributed by atoms with Crippen molar-refractivity contribution in [2.24, 2.45) is 4.99 Å². The minimum absolute atomic E-state index is 0.0255. The zero-order valence-electron chi connectivity index (χ0n) is 34.0. The van der Waals surface area contributed by atoms with Crippen molar-refractivity contribution < 1.29 is 27.3 Å². The highest BCUT2D eigenvalue weighted by Crippen LogP contribution is 2.35. The van der Waals surface area contributed by atoms with E-state index in [9.17, 15) is 18.0 Å². The molecule has 0 bridgehead atoms. The lowest BCUT2D eigenvalue weighted by atomic mass is 10.00. The Morgan fingerprint density at radius 3 is 2.34 bits per heavy atom. The molecule has 14 nitrogen and oxygen atoms in total. The Bertz CT molecular complexity index is 2470. The molecule has 2 amide bonds. The van der Waals surface area contributed by atoms with E-state index in [0.717, 1.165) is 47.2 Å². The van der Waals surface area contributed by atoms with E-state index in [2.05, 4.69) is 20.7 Å². The van der Waals surface area contributed by atoms with Gasteiger partial charge in [0.25, 0.3) is 0 Å². The van der Waals surface area contributed by atoms with Gasteiger partial charge in [-0.3, -0.25) is 19.1 Å². The van der Waals surface area contributed by atoms with Crippen molar-refractivity contribution in [1.29, 1.82) is 0 Å². The van der Waals surface area contributed by atoms with E-state index in [0.29, 0.717) is 77.6 Å². The van der Waals surface area contributed by atoms with E-state index < -0.39 is 16.1 Å². The van der Waals surface area contributed by atoms with Gasteiger partial charge in [0.1, 0.15) is 23.4 Å². The number of sulfonamides is 1. The molecule has 1 saturated heterocycles. The Morgan fingerprint density at radius 2 is 1.63 bits per heavy atom. The van der Waals surface area contributed by atoms with Gasteiger partial charge in [0.2, 0.25) is 21.8 Å². The number of methoxy groups -OCH3 is 1. The highest BCUT2D eigenvalue weighted by atomic mass is 35.5. The number of aliphatic imine (C=N–C) groups is 1. The number of halogens is 1. The van der Waals surface area contributed by atoms with Crippen LogP contribution in [0.5, 0.6) is 5.75 Å². The molecule has 7 rings (SSSR count). The highest BCUT2D eigenvalue weighted by molar-refractivity contribution is 7.89. The van der Waals surface area contributed by atoms with E-state index in [1.54, 1.807) is 31.1 Å². The summed E-state index contributed by atoms with van der Waals surface area (Å²) in [6.45, 7) is 8.95. The summed E-state index contributed by atoms with van der Waals surface area (Å²) in [7, 11) is -2.16. The Kier molecular flexibility index (Phi) is 12.6. The van der Waals surface area contributed by atoms with E-state index >= 15 is 0 Å². The first-order valence-corrected chi connectivity index (χ1v) is 21.7. The van der Waals surface area contributed by atoms with Gasteiger partial charge in [0.15, 0.2) is 5.82 Å². The normalized spacial score (nSPS) is 15.6. The number of nitrogens with one attached hydrogen (secondary N) is 1. The lowest BCUT2D eigenvalue weighted by Gasteiger charge is -2.34. The van der Waals surface area contributed by atoms with Gasteiger partial charge in [0, 0.05) is 60.9 Å². The lowest BCUT2D eigenvalue weighted by Crippen LogP contribution is -2.50. The topological polar surface area (TPSA) is 165 Å². The van der Waals surface area contributed by atoms with E-state index in [1.165, 1.54) is 4.31 Å². The largest absolute Gasteiger partial charge is 0.497 e. The van der Waals surface area contributed by atoms with Crippen LogP contribution in [0.25, 0.3) is 16.8 Å². The Balaban J connectivity index is 0.877. The molecule has 3 aromatic carbocycles. The number of benzene rings is 3. The van der Waals surface area contributed by atoms with Crippen LogP contribution in [0.4, 0.5) is 0 Å². The van der Waals surface area contributed by atoms with Gasteiger partial charge in [-0.25, -0.2) is 8.42 Å². The molecule has 1 atom stereocenters. The maximum atomic E-state index is 13.8. The van der Waals surface area contributed by atoms with E-state index in [4.69, 9.17) is 25.9 Å². The van der Waals surface area contributed by atoms with Gasteiger partial charge in [-0.1, -0.05) is 53.9 Å². The number of hydrogen-bond donors (Lipinski definition) is 1. The smallest absolute Gasteiger partial charge is 0.243 e. The number of aromatic nitrogens is 4. The summed E-state index contributed by atoms with van der Waals surface area (Å²) in [4.78, 5) is 33.6. The van der Waals surface area contributed by atoms with E-state index in [1.807, 2.05) is 73.9 Å². The Morgan fingerprint density at radius 1 is 0.898 bits per heavy atom. The van der Waals surface area contributed by atoms with Gasteiger partial charge in [-0.05, 0) is 88.1 Å². The molecule has 4 heterocycles. The zero-order valence-corrected chi connectivity index (χ0v) is 35.6. The maximum absolute atomic E-state index is 13.8. The number of hydrogen-bond acceptors (Lipinski definition) is 10. The second-order valence-electron chi connectivity index (χ2n) is 15.0. The molecule has 0 radical (unpaired) electrons. The molecule has 1 fully saturated rings. The van der Waals surface area contributed by atoms with Crippen LogP contribution in [0.2, 0.25) is 5.02 Å². The second-order valence-corrected chi connectivity index (χ2v) is 17.3. The molecule has 310 valence electrons. The molecular formula is C43H49ClN8O6S. The van der Waals surface area contributed by atoms with Crippen molar-refractivity contribution in [1.82, 2.24) is 34.4 Å². The molecule has 0 saturated carbocycles. The third-order valence-electron chi connectivity index (χ3n) is 11.0. The van der Waals surface area contributed by atoms with Crippen LogP contribution in [0.3, 0.4) is 0 Å². The van der Waals surface area contributed by atoms with Gasteiger partial charge in [0.05, 0.1) is 35.5 Å². The summed E-state index contributed by atoms with van der Waals surface area (Å²) in [6.07, 6.45) is 3.62. The molecule has 5 aromatic rings. The number of unbranched alkanes of at least 4 members (excludes halogenated alkanes) is 3. The van der Waals surface area contributed by atoms with Gasteiger partial charge in [-0.15, -0.1) is 10.2 Å². The van der Waals surface area contributed by atoms with Crippen molar-refractivity contribution >= 4 is 39.2 Å². The second kappa shape index (κ2) is 17.9. The number of carbonyl (C=O) groups is 2. The molecule has 0 unspecified atom stereocenters. The fourth-order valence-electron chi connectivity index (χ4n) is 7.81. The number of aryl methyl sites for hydroxylation is 4. The third-order valence-corrected chi connectivity index (χ3v) is 13.3. The van der Waals surface area contributed by atoms with Crippen LogP contribution in [0, 0.1) is 27.7 Å². The van der Waals surface area contributed by atoms with Crippen molar-refractivity contribution in [3.05, 3.63) is 105 Å². The minimum atomic E-state index is -3.78. The number of ether oxygens (including phenoxy) is 1. The molecule has 2 aliphatic heterocycles. The molecular weight excluding hydrogens is 792 g/mol. The molecule has 16 heteroatoms.